The van der Waals surface area contributed by atoms with Crippen LogP contribution in [0.4, 0.5) is 5.69 Å². The summed E-state index contributed by atoms with van der Waals surface area (Å²) in [7, 11) is 0. The van der Waals surface area contributed by atoms with E-state index in [4.69, 9.17) is 19.6 Å². The minimum atomic E-state index is 0.0510. The van der Waals surface area contributed by atoms with Gasteiger partial charge in [-0.2, -0.15) is 5.10 Å². The summed E-state index contributed by atoms with van der Waals surface area (Å²) < 4.78 is 11.1. The van der Waals surface area contributed by atoms with E-state index >= 15 is 0 Å². The molecule has 0 fully saturated rings. The van der Waals surface area contributed by atoms with Crippen LogP contribution in [0.25, 0.3) is 11.0 Å². The first-order chi connectivity index (χ1) is 14.3. The van der Waals surface area contributed by atoms with Crippen molar-refractivity contribution in [2.45, 2.75) is 12.5 Å². The minimum Gasteiger partial charge on any atom is -0.454 e. The number of hydrogen-bond acceptors (Lipinski definition) is 5. The fraction of sp³-hybridized carbons (Fsp3) is 0.130. The average Bonchev–Trinajstić information content (AvgIpc) is 3.50. The molecule has 6 nitrogen and oxygen atoms in total. The molecule has 0 amide bonds. The zero-order valence-electron chi connectivity index (χ0n) is 15.6. The molecule has 4 aromatic rings. The van der Waals surface area contributed by atoms with Gasteiger partial charge in [-0.25, -0.2) is 4.98 Å². The van der Waals surface area contributed by atoms with E-state index in [0.717, 1.165) is 51.7 Å². The van der Waals surface area contributed by atoms with Gasteiger partial charge < -0.3 is 14.5 Å². The first-order valence-corrected chi connectivity index (χ1v) is 9.61. The molecule has 0 saturated heterocycles. The van der Waals surface area contributed by atoms with E-state index in [0.29, 0.717) is 0 Å². The average molecular weight is 382 g/mol. The molecule has 0 aliphatic carbocycles. The Labute approximate surface area is 167 Å². The van der Waals surface area contributed by atoms with Gasteiger partial charge in [0.1, 0.15) is 5.71 Å². The summed E-state index contributed by atoms with van der Waals surface area (Å²) in [5, 5.41) is 7.03. The number of para-hydroxylation sites is 3. The molecule has 0 radical (unpaired) electrons. The molecule has 1 N–H and O–H groups in total. The molecule has 2 aliphatic rings. The van der Waals surface area contributed by atoms with Gasteiger partial charge in [-0.05, 0) is 42.0 Å². The number of aromatic amines is 1. The van der Waals surface area contributed by atoms with Crippen LogP contribution in [0.2, 0.25) is 0 Å². The molecular formula is C23H18N4O2. The van der Waals surface area contributed by atoms with Crippen LogP contribution in [0.15, 0.2) is 77.9 Å². The second kappa shape index (κ2) is 6.38. The fourth-order valence-corrected chi connectivity index (χ4v) is 3.94. The molecule has 0 saturated carbocycles. The second-order valence-electron chi connectivity index (χ2n) is 7.16. The van der Waals surface area contributed by atoms with E-state index in [1.807, 2.05) is 48.5 Å². The van der Waals surface area contributed by atoms with Gasteiger partial charge in [-0.1, -0.05) is 36.4 Å². The Morgan fingerprint density at radius 1 is 0.897 bits per heavy atom. The SMILES string of the molecule is c1ccc(N2N=C(c3nc4ccccc4[nH]3)CC2c2ccc3c(c2)OCO3)cc1. The van der Waals surface area contributed by atoms with Crippen LogP contribution in [0, 0.1) is 0 Å². The predicted octanol–water partition coefficient (Wildman–Crippen LogP) is 4.65. The maximum absolute atomic E-state index is 5.59. The third-order valence-electron chi connectivity index (χ3n) is 5.38. The third kappa shape index (κ3) is 2.72. The van der Waals surface area contributed by atoms with Gasteiger partial charge >= 0.3 is 0 Å². The number of hydrogen-bond donors (Lipinski definition) is 1. The van der Waals surface area contributed by atoms with Crippen molar-refractivity contribution in [1.82, 2.24) is 9.97 Å². The molecule has 6 rings (SSSR count). The van der Waals surface area contributed by atoms with Crippen LogP contribution in [0.3, 0.4) is 0 Å². The number of anilines is 1. The van der Waals surface area contributed by atoms with Gasteiger partial charge in [0.25, 0.3) is 0 Å². The lowest BCUT2D eigenvalue weighted by Crippen LogP contribution is -2.18. The van der Waals surface area contributed by atoms with Crippen molar-refractivity contribution in [3.63, 3.8) is 0 Å². The number of fused-ring (bicyclic) bond motifs is 2. The van der Waals surface area contributed by atoms with Crippen molar-refractivity contribution in [2.75, 3.05) is 11.8 Å². The summed E-state index contributed by atoms with van der Waals surface area (Å²) in [5.41, 5.74) is 5.08. The molecule has 6 heteroatoms. The van der Waals surface area contributed by atoms with Crippen LogP contribution >= 0.6 is 0 Å². The number of nitrogens with zero attached hydrogens (tertiary/aromatic N) is 3. The highest BCUT2D eigenvalue weighted by Crippen LogP contribution is 2.40. The number of benzene rings is 3. The number of ether oxygens (including phenoxy) is 2. The summed E-state index contributed by atoms with van der Waals surface area (Å²) in [5.74, 6) is 2.39. The standard InChI is InChI=1S/C23H18N4O2/c1-2-6-16(7-3-1)27-20(15-10-11-21-22(12-15)29-14-28-21)13-19(26-27)23-24-17-8-4-5-9-18(17)25-23/h1-12,20H,13-14H2,(H,24,25). The number of imidazole rings is 1. The minimum absolute atomic E-state index is 0.0510. The van der Waals surface area contributed by atoms with E-state index in [1.165, 1.54) is 0 Å². The monoisotopic (exact) mass is 382 g/mol. The number of hydrazone groups is 1. The molecule has 3 aromatic carbocycles. The van der Waals surface area contributed by atoms with Crippen molar-refractivity contribution in [1.29, 1.82) is 0 Å². The highest BCUT2D eigenvalue weighted by molar-refractivity contribution is 6.02. The summed E-state index contributed by atoms with van der Waals surface area (Å²) in [4.78, 5) is 8.16. The van der Waals surface area contributed by atoms with Crippen LogP contribution in [-0.4, -0.2) is 22.5 Å². The van der Waals surface area contributed by atoms with E-state index in [-0.39, 0.29) is 12.8 Å². The maximum atomic E-state index is 5.59. The quantitative estimate of drug-likeness (QED) is 0.560. The lowest BCUT2D eigenvalue weighted by molar-refractivity contribution is 0.174. The van der Waals surface area contributed by atoms with Gasteiger partial charge in [0.2, 0.25) is 6.79 Å². The molecule has 1 atom stereocenters. The van der Waals surface area contributed by atoms with Crippen LogP contribution in [0.5, 0.6) is 11.5 Å². The molecule has 1 unspecified atom stereocenters. The lowest BCUT2D eigenvalue weighted by Gasteiger charge is -2.24. The van der Waals surface area contributed by atoms with Gasteiger partial charge in [-0.3, -0.25) is 5.01 Å². The topological polar surface area (TPSA) is 62.7 Å². The Hall–Kier alpha value is -3.80. The van der Waals surface area contributed by atoms with E-state index in [1.54, 1.807) is 0 Å². The van der Waals surface area contributed by atoms with Gasteiger partial charge in [-0.15, -0.1) is 0 Å². The third-order valence-corrected chi connectivity index (χ3v) is 5.38. The number of aromatic nitrogens is 2. The molecule has 2 aliphatic heterocycles. The Morgan fingerprint density at radius 2 is 1.72 bits per heavy atom. The first-order valence-electron chi connectivity index (χ1n) is 9.61. The molecule has 142 valence electrons. The number of rotatable bonds is 3. The molecule has 0 spiro atoms. The first kappa shape index (κ1) is 16.2. The Morgan fingerprint density at radius 3 is 2.62 bits per heavy atom. The largest absolute Gasteiger partial charge is 0.454 e. The van der Waals surface area contributed by atoms with Crippen molar-refractivity contribution >= 4 is 22.4 Å². The van der Waals surface area contributed by atoms with Crippen molar-refractivity contribution < 1.29 is 9.47 Å². The van der Waals surface area contributed by atoms with Gasteiger partial charge in [0, 0.05) is 6.42 Å². The van der Waals surface area contributed by atoms with Crippen LogP contribution in [0.1, 0.15) is 23.9 Å². The molecular weight excluding hydrogens is 364 g/mol. The Bertz CT molecular complexity index is 1200. The van der Waals surface area contributed by atoms with Gasteiger partial charge in [0.05, 0.1) is 22.8 Å². The summed E-state index contributed by atoms with van der Waals surface area (Å²) in [6.45, 7) is 0.270. The highest BCUT2D eigenvalue weighted by atomic mass is 16.7. The predicted molar refractivity (Wildman–Crippen MR) is 111 cm³/mol. The van der Waals surface area contributed by atoms with Crippen LogP contribution < -0.4 is 14.5 Å². The van der Waals surface area contributed by atoms with E-state index in [2.05, 4.69) is 34.3 Å². The molecule has 3 heterocycles. The summed E-state index contributed by atoms with van der Waals surface area (Å²) >= 11 is 0. The van der Waals surface area contributed by atoms with Crippen molar-refractivity contribution in [3.8, 4) is 11.5 Å². The number of nitrogens with one attached hydrogen (secondary N) is 1. The van der Waals surface area contributed by atoms with E-state index in [9.17, 15) is 0 Å². The zero-order chi connectivity index (χ0) is 19.2. The maximum Gasteiger partial charge on any atom is 0.231 e. The zero-order valence-corrected chi connectivity index (χ0v) is 15.6. The molecule has 1 aromatic heterocycles. The van der Waals surface area contributed by atoms with Gasteiger partial charge in [0.15, 0.2) is 17.3 Å². The molecule has 0 bridgehead atoms. The highest BCUT2D eigenvalue weighted by Gasteiger charge is 2.32. The normalized spacial score (nSPS) is 17.7. The lowest BCUT2D eigenvalue weighted by atomic mass is 10.0. The summed E-state index contributed by atoms with van der Waals surface area (Å²) in [6, 6.07) is 24.4. The van der Waals surface area contributed by atoms with Crippen molar-refractivity contribution in [3.05, 3.63) is 84.2 Å². The summed E-state index contributed by atoms with van der Waals surface area (Å²) in [6.07, 6.45) is 0.744. The van der Waals surface area contributed by atoms with Crippen LogP contribution in [-0.2, 0) is 0 Å². The van der Waals surface area contributed by atoms with E-state index < -0.39 is 0 Å². The Balaban J connectivity index is 1.42. The number of H-pyrrole nitrogens is 1. The van der Waals surface area contributed by atoms with Crippen molar-refractivity contribution in [2.24, 2.45) is 5.10 Å². The fourth-order valence-electron chi connectivity index (χ4n) is 3.94. The smallest absolute Gasteiger partial charge is 0.231 e. The molecule has 29 heavy (non-hydrogen) atoms. The second-order valence-corrected chi connectivity index (χ2v) is 7.16. The Kier molecular flexibility index (Phi) is 3.56.